The van der Waals surface area contributed by atoms with E-state index in [0.717, 1.165) is 40.8 Å². The van der Waals surface area contributed by atoms with Gasteiger partial charge in [-0.1, -0.05) is 17.3 Å². The number of nitrogens with zero attached hydrogens (tertiary/aromatic N) is 2. The van der Waals surface area contributed by atoms with Crippen LogP contribution < -0.4 is 5.73 Å². The molecule has 3 aliphatic rings. The van der Waals surface area contributed by atoms with Crippen molar-refractivity contribution in [3.05, 3.63) is 30.2 Å². The van der Waals surface area contributed by atoms with Crippen LogP contribution in [0.5, 0.6) is 0 Å². The van der Waals surface area contributed by atoms with Gasteiger partial charge in [-0.15, -0.1) is 0 Å². The Hall–Kier alpha value is -1.84. The van der Waals surface area contributed by atoms with Gasteiger partial charge in [-0.3, -0.25) is 0 Å². The molecule has 0 aliphatic heterocycles. The Labute approximate surface area is 117 Å². The van der Waals surface area contributed by atoms with Gasteiger partial charge in [0.15, 0.2) is 0 Å². The monoisotopic (exact) mass is 267 g/mol. The van der Waals surface area contributed by atoms with E-state index < -0.39 is 0 Å². The minimum Gasteiger partial charge on any atom is -0.399 e. The molecule has 1 heterocycles. The summed E-state index contributed by atoms with van der Waals surface area (Å²) in [6.45, 7) is 0. The molecule has 4 heteroatoms. The van der Waals surface area contributed by atoms with Crippen molar-refractivity contribution < 1.29 is 4.52 Å². The molecule has 4 unspecified atom stereocenters. The molecule has 3 saturated carbocycles. The number of hydrogen-bond donors (Lipinski definition) is 1. The molecule has 4 nitrogen and oxygen atoms in total. The van der Waals surface area contributed by atoms with Crippen molar-refractivity contribution in [1.82, 2.24) is 10.1 Å². The van der Waals surface area contributed by atoms with Crippen LogP contribution in [0.1, 0.15) is 31.1 Å². The first-order valence-electron chi connectivity index (χ1n) is 7.51. The molecule has 102 valence electrons. The highest BCUT2D eigenvalue weighted by atomic mass is 16.5. The minimum atomic E-state index is 0.545. The Morgan fingerprint density at radius 1 is 1.15 bits per heavy atom. The molecule has 20 heavy (non-hydrogen) atoms. The lowest BCUT2D eigenvalue weighted by Gasteiger charge is -2.04. The molecule has 3 fully saturated rings. The average Bonchev–Trinajstić information content (AvgIpc) is 2.88. The molecule has 5 rings (SSSR count). The van der Waals surface area contributed by atoms with Crippen LogP contribution in [0.25, 0.3) is 11.4 Å². The highest BCUT2D eigenvalue weighted by Crippen LogP contribution is 2.72. The van der Waals surface area contributed by atoms with Crippen molar-refractivity contribution in [3.63, 3.8) is 0 Å². The molecule has 0 amide bonds. The van der Waals surface area contributed by atoms with E-state index in [1.807, 2.05) is 24.3 Å². The summed E-state index contributed by atoms with van der Waals surface area (Å²) in [5, 5.41) is 4.14. The summed E-state index contributed by atoms with van der Waals surface area (Å²) in [7, 11) is 0. The molecule has 1 aromatic carbocycles. The zero-order valence-electron chi connectivity index (χ0n) is 11.2. The van der Waals surface area contributed by atoms with Crippen molar-refractivity contribution in [2.75, 3.05) is 5.73 Å². The van der Waals surface area contributed by atoms with Gasteiger partial charge in [-0.2, -0.15) is 4.98 Å². The SMILES string of the molecule is Nc1cccc(-c2noc(C3C4C5CCC(C5)C34)n2)c1. The van der Waals surface area contributed by atoms with Gasteiger partial charge in [0.1, 0.15) is 0 Å². The summed E-state index contributed by atoms with van der Waals surface area (Å²) >= 11 is 0. The second-order valence-corrected chi connectivity index (χ2v) is 6.60. The predicted molar refractivity (Wildman–Crippen MR) is 74.7 cm³/mol. The van der Waals surface area contributed by atoms with Crippen LogP contribution in [-0.2, 0) is 0 Å². The van der Waals surface area contributed by atoms with E-state index in [1.165, 1.54) is 19.3 Å². The van der Waals surface area contributed by atoms with Gasteiger partial charge in [0.05, 0.1) is 0 Å². The summed E-state index contributed by atoms with van der Waals surface area (Å²) in [6, 6.07) is 7.66. The third-order valence-electron chi connectivity index (χ3n) is 5.61. The average molecular weight is 267 g/mol. The van der Waals surface area contributed by atoms with Crippen molar-refractivity contribution in [3.8, 4) is 11.4 Å². The van der Waals surface area contributed by atoms with Gasteiger partial charge in [0, 0.05) is 17.2 Å². The molecule has 2 aromatic rings. The number of benzene rings is 1. The molecule has 0 spiro atoms. The van der Waals surface area contributed by atoms with Crippen LogP contribution >= 0.6 is 0 Å². The summed E-state index contributed by atoms with van der Waals surface area (Å²) in [6.07, 6.45) is 4.28. The van der Waals surface area contributed by atoms with Gasteiger partial charge >= 0.3 is 0 Å². The molecule has 4 atom stereocenters. The quantitative estimate of drug-likeness (QED) is 0.849. The fourth-order valence-electron chi connectivity index (χ4n) is 4.82. The van der Waals surface area contributed by atoms with E-state index in [1.54, 1.807) is 0 Å². The highest BCUT2D eigenvalue weighted by Gasteiger charge is 2.67. The van der Waals surface area contributed by atoms with E-state index in [4.69, 9.17) is 10.3 Å². The molecule has 0 radical (unpaired) electrons. The van der Waals surface area contributed by atoms with Gasteiger partial charge in [0.25, 0.3) is 0 Å². The molecule has 3 aliphatic carbocycles. The fourth-order valence-corrected chi connectivity index (χ4v) is 4.82. The zero-order valence-corrected chi connectivity index (χ0v) is 11.2. The van der Waals surface area contributed by atoms with E-state index in [0.29, 0.717) is 11.7 Å². The second-order valence-electron chi connectivity index (χ2n) is 6.60. The van der Waals surface area contributed by atoms with E-state index in [-0.39, 0.29) is 0 Å². The molecule has 1 aromatic heterocycles. The standard InChI is InChI=1S/C16H17N3O/c17-11-3-1-2-10(7-11)15-18-16(20-19-15)14-12-8-4-5-9(6-8)13(12)14/h1-3,7-9,12-14H,4-6,17H2. The maximum absolute atomic E-state index is 5.81. The largest absolute Gasteiger partial charge is 0.399 e. The van der Waals surface area contributed by atoms with E-state index >= 15 is 0 Å². The Morgan fingerprint density at radius 2 is 1.95 bits per heavy atom. The highest BCUT2D eigenvalue weighted by molar-refractivity contribution is 5.60. The Balaban J connectivity index is 1.45. The van der Waals surface area contributed by atoms with E-state index in [9.17, 15) is 0 Å². The van der Waals surface area contributed by atoms with Crippen LogP contribution in [0.3, 0.4) is 0 Å². The number of anilines is 1. The van der Waals surface area contributed by atoms with Crippen LogP contribution in [-0.4, -0.2) is 10.1 Å². The van der Waals surface area contributed by atoms with Gasteiger partial charge in [-0.05, 0) is 55.1 Å². The van der Waals surface area contributed by atoms with Crippen LogP contribution in [0.4, 0.5) is 5.69 Å². The number of nitrogen functional groups attached to an aromatic ring is 1. The fraction of sp³-hybridized carbons (Fsp3) is 0.500. The summed E-state index contributed by atoms with van der Waals surface area (Å²) in [4.78, 5) is 4.63. The van der Waals surface area contributed by atoms with Crippen LogP contribution in [0.15, 0.2) is 28.8 Å². The van der Waals surface area contributed by atoms with Gasteiger partial charge in [0.2, 0.25) is 11.7 Å². The third-order valence-corrected chi connectivity index (χ3v) is 5.61. The topological polar surface area (TPSA) is 64.9 Å². The number of nitrogens with two attached hydrogens (primary N) is 1. The number of hydrogen-bond acceptors (Lipinski definition) is 4. The smallest absolute Gasteiger partial charge is 0.230 e. The summed E-state index contributed by atoms with van der Waals surface area (Å²) in [5.41, 5.74) is 7.48. The first-order valence-corrected chi connectivity index (χ1v) is 7.51. The summed E-state index contributed by atoms with van der Waals surface area (Å²) in [5.74, 6) is 5.60. The maximum atomic E-state index is 5.81. The molecule has 0 saturated heterocycles. The lowest BCUT2D eigenvalue weighted by atomic mass is 10.0. The second kappa shape index (κ2) is 3.62. The van der Waals surface area contributed by atoms with Crippen molar-refractivity contribution >= 4 is 5.69 Å². The third kappa shape index (κ3) is 1.37. The van der Waals surface area contributed by atoms with Crippen molar-refractivity contribution in [1.29, 1.82) is 0 Å². The molecule has 2 N–H and O–H groups in total. The van der Waals surface area contributed by atoms with Crippen LogP contribution in [0, 0.1) is 23.7 Å². The molecular formula is C16H17N3O. The number of aromatic nitrogens is 2. The minimum absolute atomic E-state index is 0.545. The number of rotatable bonds is 2. The van der Waals surface area contributed by atoms with Crippen molar-refractivity contribution in [2.45, 2.75) is 25.2 Å². The van der Waals surface area contributed by atoms with Crippen molar-refractivity contribution in [2.24, 2.45) is 23.7 Å². The van der Waals surface area contributed by atoms with E-state index in [2.05, 4.69) is 10.1 Å². The Morgan fingerprint density at radius 3 is 2.70 bits per heavy atom. The van der Waals surface area contributed by atoms with Crippen LogP contribution in [0.2, 0.25) is 0 Å². The number of fused-ring (bicyclic) bond motifs is 5. The Kier molecular flexibility index (Phi) is 1.97. The molecular weight excluding hydrogens is 250 g/mol. The zero-order chi connectivity index (χ0) is 13.3. The maximum Gasteiger partial charge on any atom is 0.230 e. The molecule has 2 bridgehead atoms. The lowest BCUT2D eigenvalue weighted by Crippen LogP contribution is -1.97. The Bertz CT molecular complexity index is 664. The summed E-state index contributed by atoms with van der Waals surface area (Å²) < 4.78 is 5.54. The normalized spacial score (nSPS) is 37.1. The lowest BCUT2D eigenvalue weighted by molar-refractivity contribution is 0.356. The first kappa shape index (κ1) is 10.9. The van der Waals surface area contributed by atoms with Gasteiger partial charge in [-0.25, -0.2) is 0 Å². The van der Waals surface area contributed by atoms with Gasteiger partial charge < -0.3 is 10.3 Å². The first-order chi connectivity index (χ1) is 9.81. The predicted octanol–water partition coefficient (Wildman–Crippen LogP) is 3.08.